The maximum absolute atomic E-state index is 8.53. The number of nitrogens with one attached hydrogen (secondary N) is 1. The van der Waals surface area contributed by atoms with Crippen LogP contribution in [0.25, 0.3) is 0 Å². The second-order valence-electron chi connectivity index (χ2n) is 2.66. The summed E-state index contributed by atoms with van der Waals surface area (Å²) in [6.45, 7) is 1.77. The molecule has 1 heterocycles. The van der Waals surface area contributed by atoms with Gasteiger partial charge in [-0.05, 0) is 13.0 Å². The quantitative estimate of drug-likeness (QED) is 0.442. The topological polar surface area (TPSA) is 105 Å². The number of nitrogen functional groups attached to an aromatic ring is 1. The lowest BCUT2D eigenvalue weighted by Gasteiger charge is -2.04. The molecule has 0 atom stereocenters. The largest absolute Gasteiger partial charge is 0.461 e. The van der Waals surface area contributed by atoms with E-state index in [4.69, 9.17) is 21.0 Å². The first-order valence-corrected chi connectivity index (χ1v) is 4.07. The molecule has 0 amide bonds. The van der Waals surface area contributed by atoms with Crippen LogP contribution in [0.3, 0.4) is 0 Å². The first-order valence-electron chi connectivity index (χ1n) is 4.07. The normalized spacial score (nSPS) is 9.86. The van der Waals surface area contributed by atoms with Crippen LogP contribution < -0.4 is 10.5 Å². The molecule has 0 aliphatic carbocycles. The van der Waals surface area contributed by atoms with Gasteiger partial charge >= 0.3 is 6.01 Å². The lowest BCUT2D eigenvalue weighted by Crippen LogP contribution is -2.15. The lowest BCUT2D eigenvalue weighted by atomic mass is 10.3. The third-order valence-electron chi connectivity index (χ3n) is 1.43. The van der Waals surface area contributed by atoms with Gasteiger partial charge in [-0.25, -0.2) is 4.98 Å². The van der Waals surface area contributed by atoms with Crippen molar-refractivity contribution < 1.29 is 9.84 Å². The molecule has 0 saturated heterocycles. The van der Waals surface area contributed by atoms with E-state index in [9.17, 15) is 0 Å². The van der Waals surface area contributed by atoms with E-state index in [1.807, 2.05) is 0 Å². The van der Waals surface area contributed by atoms with Gasteiger partial charge in [-0.15, -0.1) is 0 Å². The third kappa shape index (κ3) is 2.67. The third-order valence-corrected chi connectivity index (χ3v) is 1.43. The van der Waals surface area contributed by atoms with Gasteiger partial charge in [0.1, 0.15) is 18.1 Å². The number of nitrogens with zero attached hydrogens (tertiary/aromatic N) is 2. The second-order valence-corrected chi connectivity index (χ2v) is 2.66. The Bertz CT molecular complexity index is 340. The molecule has 76 valence electrons. The number of nitrogens with two attached hydrogens (primary N) is 1. The van der Waals surface area contributed by atoms with Crippen LogP contribution in [0.2, 0.25) is 0 Å². The first-order chi connectivity index (χ1) is 6.63. The monoisotopic (exact) mass is 196 g/mol. The summed E-state index contributed by atoms with van der Waals surface area (Å²) < 4.78 is 5.00. The fraction of sp³-hybridized carbons (Fsp3) is 0.375. The van der Waals surface area contributed by atoms with Gasteiger partial charge in [-0.3, -0.25) is 5.41 Å². The Morgan fingerprint density at radius 1 is 1.64 bits per heavy atom. The highest BCUT2D eigenvalue weighted by Crippen LogP contribution is 2.06. The second kappa shape index (κ2) is 4.52. The van der Waals surface area contributed by atoms with Gasteiger partial charge in [0, 0.05) is 5.69 Å². The van der Waals surface area contributed by atoms with E-state index in [2.05, 4.69) is 9.97 Å². The summed E-state index contributed by atoms with van der Waals surface area (Å²) in [6.07, 6.45) is 0. The van der Waals surface area contributed by atoms with Crippen LogP contribution in [0.15, 0.2) is 6.07 Å². The number of aromatic nitrogens is 2. The van der Waals surface area contributed by atoms with Gasteiger partial charge in [-0.1, -0.05) is 0 Å². The van der Waals surface area contributed by atoms with Crippen molar-refractivity contribution in [2.45, 2.75) is 6.92 Å². The number of hydrogen-bond acceptors (Lipinski definition) is 5. The van der Waals surface area contributed by atoms with Gasteiger partial charge in [0.2, 0.25) is 0 Å². The minimum Gasteiger partial charge on any atom is -0.461 e. The van der Waals surface area contributed by atoms with Crippen LogP contribution in [0.5, 0.6) is 6.01 Å². The maximum atomic E-state index is 8.53. The highest BCUT2D eigenvalue weighted by molar-refractivity contribution is 5.93. The van der Waals surface area contributed by atoms with E-state index in [-0.39, 0.29) is 25.1 Å². The number of amidine groups is 1. The molecule has 0 radical (unpaired) electrons. The van der Waals surface area contributed by atoms with E-state index in [0.29, 0.717) is 11.4 Å². The van der Waals surface area contributed by atoms with Gasteiger partial charge in [0.15, 0.2) is 0 Å². The van der Waals surface area contributed by atoms with Crippen LogP contribution in [-0.2, 0) is 0 Å². The number of aryl methyl sites for hydroxylation is 1. The van der Waals surface area contributed by atoms with Crippen LogP contribution >= 0.6 is 0 Å². The Morgan fingerprint density at radius 2 is 2.36 bits per heavy atom. The van der Waals surface area contributed by atoms with E-state index in [1.165, 1.54) is 0 Å². The van der Waals surface area contributed by atoms with Crippen molar-refractivity contribution in [2.24, 2.45) is 5.73 Å². The summed E-state index contributed by atoms with van der Waals surface area (Å²) >= 11 is 0. The zero-order valence-electron chi connectivity index (χ0n) is 7.82. The summed E-state index contributed by atoms with van der Waals surface area (Å²) in [5, 5.41) is 15.7. The molecular weight excluding hydrogens is 184 g/mol. The van der Waals surface area contributed by atoms with Crippen molar-refractivity contribution in [3.63, 3.8) is 0 Å². The minimum atomic E-state index is -0.135. The molecule has 0 aliphatic rings. The molecule has 0 spiro atoms. The Kier molecular flexibility index (Phi) is 3.35. The fourth-order valence-corrected chi connectivity index (χ4v) is 0.881. The van der Waals surface area contributed by atoms with Gasteiger partial charge in [0.25, 0.3) is 0 Å². The number of aliphatic hydroxyl groups excluding tert-OH is 1. The molecule has 0 saturated carbocycles. The number of ether oxygens (including phenoxy) is 1. The Hall–Kier alpha value is -1.69. The van der Waals surface area contributed by atoms with Crippen LogP contribution in [-0.4, -0.2) is 34.1 Å². The average molecular weight is 196 g/mol. The molecule has 0 aliphatic heterocycles. The summed E-state index contributed by atoms with van der Waals surface area (Å²) in [4.78, 5) is 7.83. The Morgan fingerprint density at radius 3 is 2.93 bits per heavy atom. The predicted molar refractivity (Wildman–Crippen MR) is 50.4 cm³/mol. The lowest BCUT2D eigenvalue weighted by molar-refractivity contribution is 0.191. The fourth-order valence-electron chi connectivity index (χ4n) is 0.881. The molecule has 6 heteroatoms. The molecule has 1 aromatic rings. The van der Waals surface area contributed by atoms with Crippen molar-refractivity contribution >= 4 is 5.84 Å². The van der Waals surface area contributed by atoms with Crippen LogP contribution in [0.1, 0.15) is 11.4 Å². The standard InChI is InChI=1S/C8H12N4O2/c1-5-4-6(7(9)10)12-8(11-5)14-3-2-13/h4,13H,2-3H2,1H3,(H3,9,10). The number of hydrogen-bond donors (Lipinski definition) is 3. The molecule has 0 bridgehead atoms. The van der Waals surface area contributed by atoms with E-state index in [0.717, 1.165) is 0 Å². The molecule has 1 aromatic heterocycles. The predicted octanol–water partition coefficient (Wildman–Crippen LogP) is -0.560. The highest BCUT2D eigenvalue weighted by atomic mass is 16.5. The van der Waals surface area contributed by atoms with Crippen molar-refractivity contribution in [3.8, 4) is 6.01 Å². The van der Waals surface area contributed by atoms with Gasteiger partial charge in [0.05, 0.1) is 6.61 Å². The molecule has 4 N–H and O–H groups in total. The van der Waals surface area contributed by atoms with Gasteiger partial charge < -0.3 is 15.6 Å². The van der Waals surface area contributed by atoms with E-state index in [1.54, 1.807) is 13.0 Å². The van der Waals surface area contributed by atoms with E-state index < -0.39 is 0 Å². The zero-order valence-corrected chi connectivity index (χ0v) is 7.82. The van der Waals surface area contributed by atoms with Crippen molar-refractivity contribution in [2.75, 3.05) is 13.2 Å². The molecule has 0 unspecified atom stereocenters. The van der Waals surface area contributed by atoms with E-state index >= 15 is 0 Å². The summed E-state index contributed by atoms with van der Waals surface area (Å²) in [7, 11) is 0. The molecule has 6 nitrogen and oxygen atoms in total. The number of rotatable bonds is 4. The van der Waals surface area contributed by atoms with Crippen molar-refractivity contribution in [3.05, 3.63) is 17.5 Å². The summed E-state index contributed by atoms with van der Waals surface area (Å²) in [5.74, 6) is -0.135. The zero-order chi connectivity index (χ0) is 10.6. The molecule has 14 heavy (non-hydrogen) atoms. The smallest absolute Gasteiger partial charge is 0.317 e. The highest BCUT2D eigenvalue weighted by Gasteiger charge is 2.04. The first kappa shape index (κ1) is 10.4. The molecule has 0 aromatic carbocycles. The maximum Gasteiger partial charge on any atom is 0.317 e. The van der Waals surface area contributed by atoms with Crippen molar-refractivity contribution in [1.29, 1.82) is 5.41 Å². The summed E-state index contributed by atoms with van der Waals surface area (Å²) in [5.41, 5.74) is 6.26. The Labute approximate surface area is 81.3 Å². The van der Waals surface area contributed by atoms with Crippen LogP contribution in [0.4, 0.5) is 0 Å². The van der Waals surface area contributed by atoms with Crippen LogP contribution in [0, 0.1) is 12.3 Å². The SMILES string of the molecule is Cc1cc(C(=N)N)nc(OCCO)n1. The number of aliphatic hydroxyl groups is 1. The Balaban J connectivity index is 2.89. The molecular formula is C8H12N4O2. The minimum absolute atomic E-state index is 0.104. The van der Waals surface area contributed by atoms with Crippen molar-refractivity contribution in [1.82, 2.24) is 9.97 Å². The molecule has 1 rings (SSSR count). The van der Waals surface area contributed by atoms with Gasteiger partial charge in [-0.2, -0.15) is 4.98 Å². The summed E-state index contributed by atoms with van der Waals surface area (Å²) in [6, 6.07) is 1.72. The average Bonchev–Trinajstić information content (AvgIpc) is 2.14. The molecule has 0 fully saturated rings.